The number of thioether (sulfide) groups is 1. The number of carboxylic acids is 1. The van der Waals surface area contributed by atoms with Gasteiger partial charge in [-0.15, -0.1) is 11.8 Å². The highest BCUT2D eigenvalue weighted by Gasteiger charge is 2.45. The van der Waals surface area contributed by atoms with Gasteiger partial charge in [0.2, 0.25) is 0 Å². The van der Waals surface area contributed by atoms with Crippen molar-refractivity contribution in [3.05, 3.63) is 30.3 Å². The smallest absolute Gasteiger partial charge is 0.322 e. The Labute approximate surface area is 133 Å². The first-order chi connectivity index (χ1) is 10.4. The summed E-state index contributed by atoms with van der Waals surface area (Å²) in [6.07, 6.45) is 0. The largest absolute Gasteiger partial charge is 0.484 e. The van der Waals surface area contributed by atoms with Crippen molar-refractivity contribution < 1.29 is 19.4 Å². The van der Waals surface area contributed by atoms with Crippen molar-refractivity contribution in [1.82, 2.24) is 10.6 Å². The maximum Gasteiger partial charge on any atom is 0.322 e. The number of ether oxygens (including phenoxy) is 1. The molecular weight excluding hydrogens is 304 g/mol. The van der Waals surface area contributed by atoms with Gasteiger partial charge < -0.3 is 15.2 Å². The minimum absolute atomic E-state index is 0.0623. The molecule has 0 saturated carbocycles. The van der Waals surface area contributed by atoms with E-state index in [4.69, 9.17) is 4.74 Å². The van der Waals surface area contributed by atoms with Crippen LogP contribution in [0.15, 0.2) is 30.3 Å². The van der Waals surface area contributed by atoms with Crippen LogP contribution in [-0.4, -0.2) is 46.3 Å². The monoisotopic (exact) mass is 324 g/mol. The zero-order chi connectivity index (χ0) is 16.2. The SMILES string of the molecule is CC1(C)SC(CNC(=O)COc2ccccc2)N[C@H]1C(=O)O. The van der Waals surface area contributed by atoms with Crippen molar-refractivity contribution in [1.29, 1.82) is 0 Å². The van der Waals surface area contributed by atoms with Crippen LogP contribution in [0.4, 0.5) is 0 Å². The number of carbonyl (C=O) groups is 2. The van der Waals surface area contributed by atoms with E-state index >= 15 is 0 Å². The molecule has 3 N–H and O–H groups in total. The molecule has 1 amide bonds. The first-order valence-corrected chi connectivity index (χ1v) is 7.87. The van der Waals surface area contributed by atoms with Crippen LogP contribution >= 0.6 is 11.8 Å². The second-order valence-electron chi connectivity index (χ2n) is 5.55. The molecule has 1 unspecified atom stereocenters. The molecule has 1 fully saturated rings. The van der Waals surface area contributed by atoms with Gasteiger partial charge in [0.25, 0.3) is 5.91 Å². The van der Waals surface area contributed by atoms with Gasteiger partial charge in [0.05, 0.1) is 5.37 Å². The molecule has 22 heavy (non-hydrogen) atoms. The van der Waals surface area contributed by atoms with Crippen LogP contribution in [0.3, 0.4) is 0 Å². The summed E-state index contributed by atoms with van der Waals surface area (Å²) in [5.41, 5.74) is 0. The molecule has 0 radical (unpaired) electrons. The number of nitrogens with one attached hydrogen (secondary N) is 2. The topological polar surface area (TPSA) is 87.7 Å². The lowest BCUT2D eigenvalue weighted by molar-refractivity contribution is -0.139. The van der Waals surface area contributed by atoms with Crippen molar-refractivity contribution in [2.24, 2.45) is 0 Å². The maximum absolute atomic E-state index is 11.8. The van der Waals surface area contributed by atoms with Crippen LogP contribution < -0.4 is 15.4 Å². The van der Waals surface area contributed by atoms with Gasteiger partial charge in [0.1, 0.15) is 11.8 Å². The molecule has 7 heteroatoms. The van der Waals surface area contributed by atoms with Crippen LogP contribution in [-0.2, 0) is 9.59 Å². The van der Waals surface area contributed by atoms with Gasteiger partial charge in [0, 0.05) is 11.3 Å². The van der Waals surface area contributed by atoms with Gasteiger partial charge in [-0.05, 0) is 26.0 Å². The summed E-state index contributed by atoms with van der Waals surface area (Å²) in [5, 5.41) is 14.8. The summed E-state index contributed by atoms with van der Waals surface area (Å²) < 4.78 is 4.93. The summed E-state index contributed by atoms with van der Waals surface area (Å²) in [6, 6.07) is 8.47. The third kappa shape index (κ3) is 4.38. The summed E-state index contributed by atoms with van der Waals surface area (Å²) in [7, 11) is 0. The quantitative estimate of drug-likeness (QED) is 0.726. The number of carbonyl (C=O) groups excluding carboxylic acids is 1. The first kappa shape index (κ1) is 16.6. The predicted molar refractivity (Wildman–Crippen MR) is 85.0 cm³/mol. The molecular formula is C15H20N2O4S. The van der Waals surface area contributed by atoms with Crippen LogP contribution in [0.5, 0.6) is 5.75 Å². The van der Waals surface area contributed by atoms with Crippen molar-refractivity contribution in [2.75, 3.05) is 13.2 Å². The van der Waals surface area contributed by atoms with E-state index in [1.54, 1.807) is 12.1 Å². The number of aliphatic carboxylic acids is 1. The molecule has 1 aliphatic heterocycles. The average molecular weight is 324 g/mol. The molecule has 0 bridgehead atoms. The zero-order valence-electron chi connectivity index (χ0n) is 12.5. The van der Waals surface area contributed by atoms with Gasteiger partial charge in [-0.2, -0.15) is 0 Å². The fourth-order valence-corrected chi connectivity index (χ4v) is 3.66. The number of carboxylic acid groups (broad SMARTS) is 1. The van der Waals surface area contributed by atoms with Crippen molar-refractivity contribution in [3.8, 4) is 5.75 Å². The van der Waals surface area contributed by atoms with Gasteiger partial charge in [-0.3, -0.25) is 14.9 Å². The number of hydrogen-bond donors (Lipinski definition) is 3. The van der Waals surface area contributed by atoms with E-state index in [0.717, 1.165) is 0 Å². The molecule has 2 atom stereocenters. The fourth-order valence-electron chi connectivity index (χ4n) is 2.25. The summed E-state index contributed by atoms with van der Waals surface area (Å²) >= 11 is 1.51. The molecule has 1 aromatic rings. The molecule has 1 aliphatic rings. The highest BCUT2D eigenvalue weighted by atomic mass is 32.2. The summed E-state index contributed by atoms with van der Waals surface area (Å²) in [6.45, 7) is 4.05. The van der Waals surface area contributed by atoms with Crippen molar-refractivity contribution in [2.45, 2.75) is 30.0 Å². The van der Waals surface area contributed by atoms with E-state index < -0.39 is 16.8 Å². The Kier molecular flexibility index (Phi) is 5.31. The van der Waals surface area contributed by atoms with Crippen molar-refractivity contribution >= 4 is 23.6 Å². The van der Waals surface area contributed by atoms with Crippen LogP contribution in [0.1, 0.15) is 13.8 Å². The lowest BCUT2D eigenvalue weighted by atomic mass is 10.0. The van der Waals surface area contributed by atoms with E-state index in [2.05, 4.69) is 10.6 Å². The number of benzene rings is 1. The second-order valence-corrected chi connectivity index (χ2v) is 7.41. The summed E-state index contributed by atoms with van der Waals surface area (Å²) in [4.78, 5) is 22.9. The Morgan fingerprint density at radius 1 is 1.36 bits per heavy atom. The van der Waals surface area contributed by atoms with Crippen LogP contribution in [0, 0.1) is 0 Å². The number of rotatable bonds is 6. The normalized spacial score (nSPS) is 23.0. The zero-order valence-corrected chi connectivity index (χ0v) is 13.4. The van der Waals surface area contributed by atoms with Crippen LogP contribution in [0.2, 0.25) is 0 Å². The predicted octanol–water partition coefficient (Wildman–Crippen LogP) is 1.08. The van der Waals surface area contributed by atoms with Crippen molar-refractivity contribution in [3.63, 3.8) is 0 Å². The van der Waals surface area contributed by atoms with Crippen LogP contribution in [0.25, 0.3) is 0 Å². The highest BCUT2D eigenvalue weighted by molar-refractivity contribution is 8.01. The molecule has 1 aromatic carbocycles. The fraction of sp³-hybridized carbons (Fsp3) is 0.467. The average Bonchev–Trinajstić information content (AvgIpc) is 2.79. The molecule has 1 saturated heterocycles. The molecule has 120 valence electrons. The Morgan fingerprint density at radius 3 is 2.64 bits per heavy atom. The number of amides is 1. The lowest BCUT2D eigenvalue weighted by Crippen LogP contribution is -2.46. The van der Waals surface area contributed by atoms with E-state index in [1.807, 2.05) is 32.0 Å². The Balaban J connectivity index is 1.74. The van der Waals surface area contributed by atoms with E-state index in [1.165, 1.54) is 11.8 Å². The minimum Gasteiger partial charge on any atom is -0.484 e. The third-order valence-electron chi connectivity index (χ3n) is 3.34. The first-order valence-electron chi connectivity index (χ1n) is 7.00. The number of para-hydroxylation sites is 1. The van der Waals surface area contributed by atoms with Gasteiger partial charge in [-0.1, -0.05) is 18.2 Å². The molecule has 2 rings (SSSR count). The molecule has 0 aliphatic carbocycles. The Morgan fingerprint density at radius 2 is 2.05 bits per heavy atom. The third-order valence-corrected chi connectivity index (χ3v) is 4.77. The van der Waals surface area contributed by atoms with E-state index in [0.29, 0.717) is 12.3 Å². The van der Waals surface area contributed by atoms with Gasteiger partial charge in [0.15, 0.2) is 6.61 Å². The highest BCUT2D eigenvalue weighted by Crippen LogP contribution is 2.37. The molecule has 1 heterocycles. The minimum atomic E-state index is -0.876. The Hall–Kier alpha value is -1.73. The maximum atomic E-state index is 11.8. The molecule has 0 aromatic heterocycles. The Bertz CT molecular complexity index is 536. The van der Waals surface area contributed by atoms with Gasteiger partial charge in [-0.25, -0.2) is 0 Å². The van der Waals surface area contributed by atoms with E-state index in [9.17, 15) is 14.7 Å². The second kappa shape index (κ2) is 7.02. The van der Waals surface area contributed by atoms with E-state index in [-0.39, 0.29) is 17.9 Å². The molecule has 6 nitrogen and oxygen atoms in total. The summed E-state index contributed by atoms with van der Waals surface area (Å²) in [5.74, 6) is -0.473. The van der Waals surface area contributed by atoms with Gasteiger partial charge >= 0.3 is 5.97 Å². The molecule has 0 spiro atoms. The lowest BCUT2D eigenvalue weighted by Gasteiger charge is -2.20. The number of hydrogen-bond acceptors (Lipinski definition) is 5. The standard InChI is InChI=1S/C15H20N2O4S/c1-15(2)13(14(19)20)17-12(22-15)8-16-11(18)9-21-10-6-4-3-5-7-10/h3-7,12-13,17H,8-9H2,1-2H3,(H,16,18)(H,19,20)/t12?,13-/m0/s1.